The number of benzene rings is 2. The van der Waals surface area contributed by atoms with Gasteiger partial charge in [-0.15, -0.1) is 0 Å². The van der Waals surface area contributed by atoms with Crippen molar-refractivity contribution >= 4 is 28.3 Å². The molecular formula is C14H13FINO. The van der Waals surface area contributed by atoms with E-state index < -0.39 is 6.10 Å². The molecule has 0 amide bonds. The lowest BCUT2D eigenvalue weighted by Crippen LogP contribution is -2.12. The van der Waals surface area contributed by atoms with Gasteiger partial charge in [-0.05, 0) is 46.4 Å². The summed E-state index contributed by atoms with van der Waals surface area (Å²) in [6, 6.07) is 14.0. The molecule has 1 atom stereocenters. The Balaban J connectivity index is 1.99. The summed E-state index contributed by atoms with van der Waals surface area (Å²) in [5.74, 6) is -0.256. The molecule has 0 aliphatic heterocycles. The van der Waals surface area contributed by atoms with Crippen LogP contribution < -0.4 is 5.32 Å². The summed E-state index contributed by atoms with van der Waals surface area (Å²) >= 11 is 2.06. The zero-order valence-electron chi connectivity index (χ0n) is 9.61. The maximum atomic E-state index is 12.9. The van der Waals surface area contributed by atoms with Gasteiger partial charge in [0.25, 0.3) is 0 Å². The van der Waals surface area contributed by atoms with E-state index in [1.165, 1.54) is 12.1 Å². The average molecular weight is 357 g/mol. The van der Waals surface area contributed by atoms with E-state index >= 15 is 0 Å². The Morgan fingerprint density at radius 2 is 1.89 bits per heavy atom. The van der Waals surface area contributed by atoms with Crippen LogP contribution in [0.15, 0.2) is 48.5 Å². The average Bonchev–Trinajstić information content (AvgIpc) is 2.38. The summed E-state index contributed by atoms with van der Waals surface area (Å²) in [6.45, 7) is 0.394. The lowest BCUT2D eigenvalue weighted by Gasteiger charge is -2.14. The molecule has 0 aliphatic carbocycles. The number of hydrogen-bond acceptors (Lipinski definition) is 2. The topological polar surface area (TPSA) is 32.3 Å². The zero-order valence-corrected chi connectivity index (χ0v) is 11.8. The van der Waals surface area contributed by atoms with E-state index in [0.717, 1.165) is 14.8 Å². The molecule has 2 rings (SSSR count). The van der Waals surface area contributed by atoms with Crippen LogP contribution in [0.2, 0.25) is 0 Å². The first-order valence-electron chi connectivity index (χ1n) is 5.59. The van der Waals surface area contributed by atoms with Crippen molar-refractivity contribution < 1.29 is 9.50 Å². The smallest absolute Gasteiger partial charge is 0.124 e. The highest BCUT2D eigenvalue weighted by Gasteiger charge is 2.07. The van der Waals surface area contributed by atoms with Crippen LogP contribution in [0, 0.1) is 9.39 Å². The second-order valence-electron chi connectivity index (χ2n) is 3.93. The lowest BCUT2D eigenvalue weighted by molar-refractivity contribution is 0.191. The Morgan fingerprint density at radius 1 is 1.17 bits per heavy atom. The number of aliphatic hydroxyl groups excluding tert-OH is 1. The van der Waals surface area contributed by atoms with E-state index in [9.17, 15) is 9.50 Å². The Hall–Kier alpha value is -1.14. The predicted octanol–water partition coefficient (Wildman–Crippen LogP) is 3.58. The van der Waals surface area contributed by atoms with Crippen molar-refractivity contribution in [2.45, 2.75) is 6.10 Å². The first-order chi connectivity index (χ1) is 8.66. The number of rotatable bonds is 4. The van der Waals surface area contributed by atoms with E-state index in [0.29, 0.717) is 6.54 Å². The third-order valence-electron chi connectivity index (χ3n) is 2.60. The summed E-state index contributed by atoms with van der Waals surface area (Å²) < 4.78 is 13.7. The molecule has 2 N–H and O–H groups in total. The molecule has 2 aromatic carbocycles. The zero-order chi connectivity index (χ0) is 13.0. The second kappa shape index (κ2) is 6.15. The van der Waals surface area contributed by atoms with Crippen molar-refractivity contribution in [1.29, 1.82) is 0 Å². The van der Waals surface area contributed by atoms with Gasteiger partial charge in [-0.2, -0.15) is 0 Å². The van der Waals surface area contributed by atoms with Gasteiger partial charge in [0.05, 0.1) is 6.10 Å². The van der Waals surface area contributed by atoms with Gasteiger partial charge in [0.1, 0.15) is 5.82 Å². The van der Waals surface area contributed by atoms with E-state index in [1.54, 1.807) is 6.07 Å². The van der Waals surface area contributed by atoms with Crippen LogP contribution >= 0.6 is 22.6 Å². The fourth-order valence-electron chi connectivity index (χ4n) is 1.63. The Labute approximate surface area is 119 Å². The number of hydrogen-bond donors (Lipinski definition) is 2. The van der Waals surface area contributed by atoms with Gasteiger partial charge in [-0.1, -0.05) is 30.3 Å². The molecule has 2 nitrogen and oxygen atoms in total. The first-order valence-corrected chi connectivity index (χ1v) is 6.66. The van der Waals surface area contributed by atoms with Gasteiger partial charge in [0, 0.05) is 15.8 Å². The summed E-state index contributed by atoms with van der Waals surface area (Å²) in [6.07, 6.45) is -0.577. The largest absolute Gasteiger partial charge is 0.387 e. The normalized spacial score (nSPS) is 12.2. The van der Waals surface area contributed by atoms with E-state index in [4.69, 9.17) is 0 Å². The van der Waals surface area contributed by atoms with E-state index in [-0.39, 0.29) is 5.82 Å². The number of halogens is 2. The minimum Gasteiger partial charge on any atom is -0.387 e. The third-order valence-corrected chi connectivity index (χ3v) is 3.49. The molecule has 18 heavy (non-hydrogen) atoms. The highest BCUT2D eigenvalue weighted by atomic mass is 127. The fraction of sp³-hybridized carbons (Fsp3) is 0.143. The van der Waals surface area contributed by atoms with Crippen LogP contribution in [-0.4, -0.2) is 11.7 Å². The summed E-state index contributed by atoms with van der Waals surface area (Å²) in [7, 11) is 0. The van der Waals surface area contributed by atoms with Gasteiger partial charge in [0.2, 0.25) is 0 Å². The number of nitrogens with one attached hydrogen (secondary N) is 1. The summed E-state index contributed by atoms with van der Waals surface area (Å²) in [4.78, 5) is 0. The molecule has 0 aliphatic rings. The molecule has 2 aromatic rings. The molecule has 0 aromatic heterocycles. The minimum absolute atomic E-state index is 0.256. The van der Waals surface area contributed by atoms with Gasteiger partial charge < -0.3 is 10.4 Å². The summed E-state index contributed by atoms with van der Waals surface area (Å²) in [5, 5.41) is 13.1. The van der Waals surface area contributed by atoms with Crippen LogP contribution in [0.5, 0.6) is 0 Å². The maximum absolute atomic E-state index is 12.9. The van der Waals surface area contributed by atoms with E-state index in [1.807, 2.05) is 30.3 Å². The van der Waals surface area contributed by atoms with Crippen molar-refractivity contribution in [3.63, 3.8) is 0 Å². The summed E-state index contributed by atoms with van der Waals surface area (Å²) in [5.41, 5.74) is 1.69. The van der Waals surface area contributed by atoms with E-state index in [2.05, 4.69) is 27.9 Å². The molecule has 0 bridgehead atoms. The van der Waals surface area contributed by atoms with Crippen molar-refractivity contribution in [3.8, 4) is 0 Å². The van der Waals surface area contributed by atoms with Gasteiger partial charge in [-0.25, -0.2) is 4.39 Å². The Bertz CT molecular complexity index is 518. The minimum atomic E-state index is -0.577. The van der Waals surface area contributed by atoms with Crippen LogP contribution in [-0.2, 0) is 0 Å². The predicted molar refractivity (Wildman–Crippen MR) is 79.0 cm³/mol. The van der Waals surface area contributed by atoms with Gasteiger partial charge in [-0.3, -0.25) is 0 Å². The highest BCUT2D eigenvalue weighted by Crippen LogP contribution is 2.20. The van der Waals surface area contributed by atoms with Crippen molar-refractivity contribution in [2.75, 3.05) is 11.9 Å². The quantitative estimate of drug-likeness (QED) is 0.820. The monoisotopic (exact) mass is 357 g/mol. The molecule has 0 saturated heterocycles. The molecule has 0 saturated carbocycles. The molecule has 0 heterocycles. The van der Waals surface area contributed by atoms with Crippen LogP contribution in [0.1, 0.15) is 11.7 Å². The molecule has 4 heteroatoms. The molecule has 0 radical (unpaired) electrons. The van der Waals surface area contributed by atoms with Crippen molar-refractivity contribution in [2.24, 2.45) is 0 Å². The van der Waals surface area contributed by atoms with Crippen molar-refractivity contribution in [3.05, 3.63) is 63.5 Å². The Morgan fingerprint density at radius 3 is 2.56 bits per heavy atom. The fourth-order valence-corrected chi connectivity index (χ4v) is 2.30. The van der Waals surface area contributed by atoms with Crippen molar-refractivity contribution in [1.82, 2.24) is 0 Å². The van der Waals surface area contributed by atoms with Gasteiger partial charge >= 0.3 is 0 Å². The SMILES string of the molecule is OC(CNc1ccc(F)cc1I)c1ccccc1. The van der Waals surface area contributed by atoms with Gasteiger partial charge in [0.15, 0.2) is 0 Å². The Kier molecular flexibility index (Phi) is 4.54. The van der Waals surface area contributed by atoms with Crippen LogP contribution in [0.3, 0.4) is 0 Å². The highest BCUT2D eigenvalue weighted by molar-refractivity contribution is 14.1. The molecule has 0 fully saturated rings. The third kappa shape index (κ3) is 3.43. The second-order valence-corrected chi connectivity index (χ2v) is 5.09. The molecular weight excluding hydrogens is 344 g/mol. The number of aliphatic hydroxyl groups is 1. The molecule has 94 valence electrons. The standard InChI is InChI=1S/C14H13FINO/c15-11-6-7-13(12(16)8-11)17-9-14(18)10-4-2-1-3-5-10/h1-8,14,17-18H,9H2. The lowest BCUT2D eigenvalue weighted by atomic mass is 10.1. The number of anilines is 1. The van der Waals surface area contributed by atoms with Crippen LogP contribution in [0.25, 0.3) is 0 Å². The maximum Gasteiger partial charge on any atom is 0.124 e. The van der Waals surface area contributed by atoms with Crippen LogP contribution in [0.4, 0.5) is 10.1 Å². The molecule has 0 spiro atoms. The molecule has 1 unspecified atom stereocenters. The first kappa shape index (κ1) is 13.3.